The van der Waals surface area contributed by atoms with Crippen LogP contribution in [0.3, 0.4) is 0 Å². The summed E-state index contributed by atoms with van der Waals surface area (Å²) < 4.78 is 4.64. The van der Waals surface area contributed by atoms with Crippen LogP contribution in [0.15, 0.2) is 18.2 Å². The van der Waals surface area contributed by atoms with Gasteiger partial charge in [0, 0.05) is 22.1 Å². The van der Waals surface area contributed by atoms with Crippen molar-refractivity contribution >= 4 is 23.9 Å². The highest BCUT2D eigenvalue weighted by molar-refractivity contribution is 6.31. The van der Waals surface area contributed by atoms with Gasteiger partial charge in [0.05, 0.1) is 6.61 Å². The van der Waals surface area contributed by atoms with Gasteiger partial charge in [-0.1, -0.05) is 17.5 Å². The molecule has 0 aliphatic heterocycles. The molecule has 0 atom stereocenters. The van der Waals surface area contributed by atoms with Gasteiger partial charge in [-0.2, -0.15) is 0 Å². The lowest BCUT2D eigenvalue weighted by Crippen LogP contribution is -1.99. The third-order valence-electron chi connectivity index (χ3n) is 1.64. The smallest absolute Gasteiger partial charge is 0.384 e. The van der Waals surface area contributed by atoms with Crippen molar-refractivity contribution < 1.29 is 14.3 Å². The van der Waals surface area contributed by atoms with Crippen LogP contribution in [0.1, 0.15) is 22.8 Å². The van der Waals surface area contributed by atoms with Crippen molar-refractivity contribution in [3.63, 3.8) is 0 Å². The van der Waals surface area contributed by atoms with Crippen LogP contribution in [-0.2, 0) is 9.53 Å². The molecule has 0 N–H and O–H groups in total. The summed E-state index contributed by atoms with van der Waals surface area (Å²) in [6.07, 6.45) is 0.668. The van der Waals surface area contributed by atoms with Crippen LogP contribution >= 0.6 is 11.6 Å². The molecule has 1 rings (SSSR count). The van der Waals surface area contributed by atoms with E-state index in [1.165, 1.54) is 6.07 Å². The predicted molar refractivity (Wildman–Crippen MR) is 60.4 cm³/mol. The van der Waals surface area contributed by atoms with E-state index in [2.05, 4.69) is 16.6 Å². The highest BCUT2D eigenvalue weighted by Gasteiger charge is 1.97. The summed E-state index contributed by atoms with van der Waals surface area (Å²) in [6.45, 7) is 1.98. The van der Waals surface area contributed by atoms with Gasteiger partial charge in [-0.15, -0.1) is 0 Å². The predicted octanol–water partition coefficient (Wildman–Crippen LogP) is 2.07. The second kappa shape index (κ2) is 5.94. The molecule has 16 heavy (non-hydrogen) atoms. The van der Waals surface area contributed by atoms with Gasteiger partial charge >= 0.3 is 5.97 Å². The average molecular weight is 237 g/mol. The van der Waals surface area contributed by atoms with Crippen LogP contribution in [0.25, 0.3) is 0 Å². The van der Waals surface area contributed by atoms with Crippen molar-refractivity contribution in [1.29, 1.82) is 0 Å². The standard InChI is InChI=1S/C12H9ClO3/c1-2-16-12(15)4-3-9-5-10(8-14)7-11(13)6-9/h5-8H,2H2,1H3. The molecule has 0 unspecified atom stereocenters. The molecule has 1 aromatic carbocycles. The van der Waals surface area contributed by atoms with E-state index in [0.717, 1.165) is 0 Å². The molecule has 0 bridgehead atoms. The highest BCUT2D eigenvalue weighted by atomic mass is 35.5. The zero-order chi connectivity index (χ0) is 12.0. The summed E-state index contributed by atoms with van der Waals surface area (Å²) in [5, 5.41) is 0.401. The summed E-state index contributed by atoms with van der Waals surface area (Å²) in [5.74, 6) is 4.27. The Bertz CT molecular complexity index is 469. The Morgan fingerprint density at radius 3 is 2.88 bits per heavy atom. The molecule has 0 fully saturated rings. The third-order valence-corrected chi connectivity index (χ3v) is 1.86. The zero-order valence-electron chi connectivity index (χ0n) is 8.62. The van der Waals surface area contributed by atoms with Crippen molar-refractivity contribution in [2.24, 2.45) is 0 Å². The highest BCUT2D eigenvalue weighted by Crippen LogP contribution is 2.13. The molecule has 0 aromatic heterocycles. The molecule has 82 valence electrons. The van der Waals surface area contributed by atoms with Gasteiger partial charge in [0.15, 0.2) is 0 Å². The average Bonchev–Trinajstić information content (AvgIpc) is 2.26. The van der Waals surface area contributed by atoms with E-state index in [4.69, 9.17) is 11.6 Å². The number of esters is 1. The first-order valence-electron chi connectivity index (χ1n) is 4.60. The summed E-state index contributed by atoms with van der Waals surface area (Å²) >= 11 is 5.76. The van der Waals surface area contributed by atoms with Crippen molar-refractivity contribution in [1.82, 2.24) is 0 Å². The SMILES string of the molecule is CCOC(=O)C#Cc1cc(Cl)cc(C=O)c1. The molecule has 0 aliphatic rings. The first kappa shape index (κ1) is 12.3. The third kappa shape index (κ3) is 3.76. The summed E-state index contributed by atoms with van der Waals surface area (Å²) in [4.78, 5) is 21.5. The largest absolute Gasteiger partial charge is 0.456 e. The minimum absolute atomic E-state index is 0.280. The quantitative estimate of drug-likeness (QED) is 0.449. The van der Waals surface area contributed by atoms with E-state index in [1.807, 2.05) is 0 Å². The number of rotatable bonds is 2. The van der Waals surface area contributed by atoms with E-state index in [-0.39, 0.29) is 6.61 Å². The fourth-order valence-corrected chi connectivity index (χ4v) is 1.29. The molecule has 0 saturated carbocycles. The molecule has 4 heteroatoms. The monoisotopic (exact) mass is 236 g/mol. The molecule has 0 spiro atoms. The first-order chi connectivity index (χ1) is 7.65. The van der Waals surface area contributed by atoms with Gasteiger partial charge in [-0.05, 0) is 25.1 Å². The molecule has 0 saturated heterocycles. The minimum atomic E-state index is -0.602. The Labute approximate surface area is 98.4 Å². The zero-order valence-corrected chi connectivity index (χ0v) is 9.38. The van der Waals surface area contributed by atoms with Gasteiger partial charge in [-0.25, -0.2) is 4.79 Å². The molecule has 1 aromatic rings. The van der Waals surface area contributed by atoms with Crippen molar-refractivity contribution in [2.45, 2.75) is 6.92 Å². The van der Waals surface area contributed by atoms with Gasteiger partial charge in [0.25, 0.3) is 0 Å². The topological polar surface area (TPSA) is 43.4 Å². The molecule has 0 amide bonds. The second-order valence-electron chi connectivity index (χ2n) is 2.86. The van der Waals surface area contributed by atoms with Crippen LogP contribution in [0, 0.1) is 11.8 Å². The Morgan fingerprint density at radius 1 is 1.50 bits per heavy atom. The lowest BCUT2D eigenvalue weighted by Gasteiger charge is -1.95. The minimum Gasteiger partial charge on any atom is -0.456 e. The van der Waals surface area contributed by atoms with Crippen molar-refractivity contribution in [2.75, 3.05) is 6.61 Å². The van der Waals surface area contributed by atoms with Gasteiger partial charge < -0.3 is 4.74 Å². The van der Waals surface area contributed by atoms with Crippen molar-refractivity contribution in [3.8, 4) is 11.8 Å². The molecular formula is C12H9ClO3. The van der Waals surface area contributed by atoms with Gasteiger partial charge in [-0.3, -0.25) is 4.79 Å². The van der Waals surface area contributed by atoms with Crippen LogP contribution < -0.4 is 0 Å². The summed E-state index contributed by atoms with van der Waals surface area (Å²) in [6, 6.07) is 4.63. The van der Waals surface area contributed by atoms with Crippen LogP contribution in [0.5, 0.6) is 0 Å². The van der Waals surface area contributed by atoms with Gasteiger partial charge in [0.2, 0.25) is 0 Å². The van der Waals surface area contributed by atoms with E-state index in [9.17, 15) is 9.59 Å². The van der Waals surface area contributed by atoms with E-state index < -0.39 is 5.97 Å². The number of hydrogen-bond donors (Lipinski definition) is 0. The fraction of sp³-hybridized carbons (Fsp3) is 0.167. The van der Waals surface area contributed by atoms with E-state index in [0.29, 0.717) is 22.4 Å². The Hall–Kier alpha value is -1.79. The van der Waals surface area contributed by atoms with Gasteiger partial charge in [0.1, 0.15) is 6.29 Å². The molecule has 0 heterocycles. The maximum absolute atomic E-state index is 11.0. The second-order valence-corrected chi connectivity index (χ2v) is 3.30. The normalized spacial score (nSPS) is 8.88. The maximum atomic E-state index is 11.0. The van der Waals surface area contributed by atoms with E-state index in [1.54, 1.807) is 19.1 Å². The number of aldehydes is 1. The number of carbonyl (C=O) groups excluding carboxylic acids is 2. The number of hydrogen-bond acceptors (Lipinski definition) is 3. The Balaban J connectivity index is 2.92. The first-order valence-corrected chi connectivity index (χ1v) is 4.98. The number of carbonyl (C=O) groups is 2. The summed E-state index contributed by atoms with van der Waals surface area (Å²) in [5.41, 5.74) is 0.920. The van der Waals surface area contributed by atoms with Crippen LogP contribution in [0.2, 0.25) is 5.02 Å². The Kier molecular flexibility index (Phi) is 4.56. The van der Waals surface area contributed by atoms with E-state index >= 15 is 0 Å². The molecular weight excluding hydrogens is 228 g/mol. The van der Waals surface area contributed by atoms with Crippen LogP contribution in [0.4, 0.5) is 0 Å². The maximum Gasteiger partial charge on any atom is 0.384 e. The molecule has 0 radical (unpaired) electrons. The lowest BCUT2D eigenvalue weighted by molar-refractivity contribution is -0.136. The molecule has 3 nitrogen and oxygen atoms in total. The lowest BCUT2D eigenvalue weighted by atomic mass is 10.1. The van der Waals surface area contributed by atoms with Crippen molar-refractivity contribution in [3.05, 3.63) is 34.3 Å². The molecule has 0 aliphatic carbocycles. The number of ether oxygens (including phenoxy) is 1. The fourth-order valence-electron chi connectivity index (χ4n) is 1.04. The number of benzene rings is 1. The summed E-state index contributed by atoms with van der Waals surface area (Å²) in [7, 11) is 0. The number of halogens is 1. The Morgan fingerprint density at radius 2 is 2.25 bits per heavy atom. The van der Waals surface area contributed by atoms with Crippen LogP contribution in [-0.4, -0.2) is 18.9 Å².